The Morgan fingerprint density at radius 3 is 1.67 bits per heavy atom. The molecular formula is C16H10BrCl2NO5S2. The van der Waals surface area contributed by atoms with E-state index >= 15 is 0 Å². The molecule has 0 bridgehead atoms. The molecule has 0 amide bonds. The summed E-state index contributed by atoms with van der Waals surface area (Å²) in [5.41, 5.74) is 1.67. The van der Waals surface area contributed by atoms with Crippen molar-refractivity contribution in [1.29, 1.82) is 0 Å². The Balaban J connectivity index is 2.09. The van der Waals surface area contributed by atoms with E-state index in [0.717, 1.165) is 0 Å². The molecule has 1 aromatic heterocycles. The van der Waals surface area contributed by atoms with E-state index in [9.17, 15) is 16.8 Å². The van der Waals surface area contributed by atoms with Gasteiger partial charge in [0, 0.05) is 32.5 Å². The minimum atomic E-state index is -3.83. The van der Waals surface area contributed by atoms with Crippen LogP contribution in [0, 0.1) is 0 Å². The van der Waals surface area contributed by atoms with Crippen molar-refractivity contribution >= 4 is 55.4 Å². The van der Waals surface area contributed by atoms with Gasteiger partial charge in [-0.05, 0) is 36.4 Å². The minimum Gasteiger partial charge on any atom is -0.439 e. The second kappa shape index (κ2) is 7.56. The van der Waals surface area contributed by atoms with E-state index in [0.29, 0.717) is 33.8 Å². The molecule has 2 aromatic carbocycles. The fourth-order valence-electron chi connectivity index (χ4n) is 2.36. The highest BCUT2D eigenvalue weighted by Gasteiger charge is 2.19. The lowest BCUT2D eigenvalue weighted by atomic mass is 10.1. The van der Waals surface area contributed by atoms with Crippen molar-refractivity contribution in [2.24, 2.45) is 0 Å². The Morgan fingerprint density at radius 2 is 1.26 bits per heavy atom. The topological polar surface area (TPSA) is 94.3 Å². The number of rotatable bonds is 5. The number of hydrogen-bond donors (Lipinski definition) is 0. The van der Waals surface area contributed by atoms with Gasteiger partial charge in [0.15, 0.2) is 5.76 Å². The number of nitrogens with zero attached hydrogens (tertiary/aromatic N) is 1. The van der Waals surface area contributed by atoms with Crippen molar-refractivity contribution in [3.05, 3.63) is 54.4 Å². The second-order valence-electron chi connectivity index (χ2n) is 5.34. The SMILES string of the molecule is O=S(=O)(Cl)c1ccc(-c2nc(CBr)oc2-c2ccc(S(=O)(=O)Cl)cc2)cc1. The largest absolute Gasteiger partial charge is 0.439 e. The van der Waals surface area contributed by atoms with Gasteiger partial charge in [-0.2, -0.15) is 0 Å². The van der Waals surface area contributed by atoms with Gasteiger partial charge in [-0.15, -0.1) is 0 Å². The van der Waals surface area contributed by atoms with E-state index in [4.69, 9.17) is 25.8 Å². The van der Waals surface area contributed by atoms with Crippen molar-refractivity contribution < 1.29 is 21.3 Å². The van der Waals surface area contributed by atoms with E-state index in [1.165, 1.54) is 24.3 Å². The molecule has 0 atom stereocenters. The molecule has 6 nitrogen and oxygen atoms in total. The van der Waals surface area contributed by atoms with Crippen LogP contribution in [-0.2, 0) is 23.4 Å². The number of benzene rings is 2. The molecule has 0 spiro atoms. The fraction of sp³-hybridized carbons (Fsp3) is 0.0625. The normalized spacial score (nSPS) is 12.3. The summed E-state index contributed by atoms with van der Waals surface area (Å²) in [6.07, 6.45) is 0. The molecule has 0 aliphatic heterocycles. The van der Waals surface area contributed by atoms with Crippen molar-refractivity contribution in [2.75, 3.05) is 0 Å². The van der Waals surface area contributed by atoms with Crippen molar-refractivity contribution in [2.45, 2.75) is 15.1 Å². The first kappa shape index (κ1) is 20.3. The fourth-order valence-corrected chi connectivity index (χ4v) is 4.14. The Morgan fingerprint density at radius 1 is 0.815 bits per heavy atom. The lowest BCUT2D eigenvalue weighted by Gasteiger charge is -2.04. The molecule has 3 rings (SSSR count). The number of halogens is 3. The first-order valence-corrected chi connectivity index (χ1v) is 13.0. The maximum atomic E-state index is 11.4. The molecule has 0 saturated carbocycles. The van der Waals surface area contributed by atoms with Crippen LogP contribution < -0.4 is 0 Å². The third-order valence-electron chi connectivity index (χ3n) is 3.59. The summed E-state index contributed by atoms with van der Waals surface area (Å²) in [6, 6.07) is 11.7. The number of alkyl halides is 1. The molecule has 0 aliphatic rings. The van der Waals surface area contributed by atoms with Crippen LogP contribution in [0.1, 0.15) is 5.89 Å². The Kier molecular flexibility index (Phi) is 5.69. The van der Waals surface area contributed by atoms with Gasteiger partial charge in [-0.1, -0.05) is 28.1 Å². The third-order valence-corrected chi connectivity index (χ3v) is 6.81. The highest BCUT2D eigenvalue weighted by molar-refractivity contribution is 9.08. The summed E-state index contributed by atoms with van der Waals surface area (Å²) in [5.74, 6) is 0.813. The monoisotopic (exact) mass is 509 g/mol. The molecule has 3 aromatic rings. The molecule has 0 fully saturated rings. The quantitative estimate of drug-likeness (QED) is 0.363. The minimum absolute atomic E-state index is 0.0321. The number of hydrogen-bond acceptors (Lipinski definition) is 6. The van der Waals surface area contributed by atoms with Crippen LogP contribution in [0.5, 0.6) is 0 Å². The maximum absolute atomic E-state index is 11.4. The van der Waals surface area contributed by atoms with Crippen LogP contribution >= 0.6 is 37.3 Å². The van der Waals surface area contributed by atoms with Gasteiger partial charge in [0.2, 0.25) is 5.89 Å². The lowest BCUT2D eigenvalue weighted by Crippen LogP contribution is -1.91. The first-order valence-electron chi connectivity index (χ1n) is 7.25. The van der Waals surface area contributed by atoms with Gasteiger partial charge in [0.05, 0.1) is 15.1 Å². The van der Waals surface area contributed by atoms with Gasteiger partial charge in [-0.25, -0.2) is 21.8 Å². The molecule has 27 heavy (non-hydrogen) atoms. The van der Waals surface area contributed by atoms with Crippen molar-refractivity contribution in [3.63, 3.8) is 0 Å². The van der Waals surface area contributed by atoms with E-state index in [1.807, 2.05) is 0 Å². The molecule has 0 aliphatic carbocycles. The molecule has 0 radical (unpaired) electrons. The van der Waals surface area contributed by atoms with Gasteiger partial charge in [0.25, 0.3) is 18.1 Å². The molecular weight excluding hydrogens is 501 g/mol. The summed E-state index contributed by atoms with van der Waals surface area (Å²) in [4.78, 5) is 4.33. The number of oxazole rings is 1. The summed E-state index contributed by atoms with van der Waals surface area (Å²) in [6.45, 7) is 0. The molecule has 0 saturated heterocycles. The number of aromatic nitrogens is 1. The highest BCUT2D eigenvalue weighted by Crippen LogP contribution is 2.34. The van der Waals surface area contributed by atoms with E-state index in [1.54, 1.807) is 24.3 Å². The van der Waals surface area contributed by atoms with Crippen LogP contribution in [0.4, 0.5) is 0 Å². The van der Waals surface area contributed by atoms with Gasteiger partial charge in [0.1, 0.15) is 5.69 Å². The average molecular weight is 511 g/mol. The van der Waals surface area contributed by atoms with Crippen LogP contribution in [0.25, 0.3) is 22.6 Å². The molecule has 0 unspecified atom stereocenters. The van der Waals surface area contributed by atoms with Crippen LogP contribution in [0.15, 0.2) is 62.7 Å². The molecule has 142 valence electrons. The zero-order chi connectivity index (χ0) is 19.8. The molecule has 0 N–H and O–H groups in total. The zero-order valence-corrected chi connectivity index (χ0v) is 18.0. The highest BCUT2D eigenvalue weighted by atomic mass is 79.9. The van der Waals surface area contributed by atoms with Gasteiger partial charge < -0.3 is 4.42 Å². The zero-order valence-electron chi connectivity index (χ0n) is 13.3. The third kappa shape index (κ3) is 4.55. The Bertz CT molecular complexity index is 1100. The van der Waals surface area contributed by atoms with Crippen molar-refractivity contribution in [1.82, 2.24) is 4.98 Å². The maximum Gasteiger partial charge on any atom is 0.261 e. The van der Waals surface area contributed by atoms with Gasteiger partial charge in [-0.3, -0.25) is 0 Å². The summed E-state index contributed by atoms with van der Waals surface area (Å²) < 4.78 is 51.3. The average Bonchev–Trinajstić information content (AvgIpc) is 3.05. The van der Waals surface area contributed by atoms with Crippen molar-refractivity contribution in [3.8, 4) is 22.6 Å². The predicted molar refractivity (Wildman–Crippen MR) is 106 cm³/mol. The van der Waals surface area contributed by atoms with Crippen LogP contribution in [0.3, 0.4) is 0 Å². The van der Waals surface area contributed by atoms with E-state index < -0.39 is 18.1 Å². The lowest BCUT2D eigenvalue weighted by molar-refractivity contribution is 0.531. The smallest absolute Gasteiger partial charge is 0.261 e. The Hall–Kier alpha value is -1.39. The molecule has 11 heteroatoms. The van der Waals surface area contributed by atoms with E-state index in [-0.39, 0.29) is 9.79 Å². The summed E-state index contributed by atoms with van der Waals surface area (Å²) in [7, 11) is 3.00. The second-order valence-corrected chi connectivity index (χ2v) is 11.0. The predicted octanol–water partition coefficient (Wildman–Crippen LogP) is 4.76. The summed E-state index contributed by atoms with van der Waals surface area (Å²) in [5, 5.41) is 0.363. The van der Waals surface area contributed by atoms with Gasteiger partial charge >= 0.3 is 0 Å². The Labute approximate surface area is 173 Å². The van der Waals surface area contributed by atoms with Crippen LogP contribution in [-0.4, -0.2) is 21.8 Å². The summed E-state index contributed by atoms with van der Waals surface area (Å²) >= 11 is 3.28. The first-order chi connectivity index (χ1) is 12.6. The van der Waals surface area contributed by atoms with E-state index in [2.05, 4.69) is 20.9 Å². The standard InChI is InChI=1S/C16H10BrCl2NO5S2/c17-9-14-20-15(10-1-5-12(6-2-10)26(18,21)22)16(25-14)11-3-7-13(8-4-11)27(19,23)24/h1-8H,9H2. The molecule has 1 heterocycles. The van der Waals surface area contributed by atoms with Crippen LogP contribution in [0.2, 0.25) is 0 Å².